The minimum atomic E-state index is -0.809. The van der Waals surface area contributed by atoms with E-state index < -0.39 is 6.09 Å². The first kappa shape index (κ1) is 11.1. The second-order valence-corrected chi connectivity index (χ2v) is 4.84. The van der Waals surface area contributed by atoms with E-state index in [1.54, 1.807) is 0 Å². The Morgan fingerprint density at radius 1 is 1.44 bits per heavy atom. The number of amides is 1. The summed E-state index contributed by atoms with van der Waals surface area (Å²) < 4.78 is 0. The number of hydrogen-bond acceptors (Lipinski definition) is 3. The van der Waals surface area contributed by atoms with Crippen molar-refractivity contribution in [2.45, 2.75) is 20.0 Å². The van der Waals surface area contributed by atoms with Crippen molar-refractivity contribution in [2.24, 2.45) is 5.92 Å². The molecule has 5 heteroatoms. The number of hydrogen-bond donors (Lipinski definition) is 1. The zero-order chi connectivity index (χ0) is 11.7. The van der Waals surface area contributed by atoms with Gasteiger partial charge in [-0.05, 0) is 5.92 Å². The highest BCUT2D eigenvalue weighted by Gasteiger charge is 2.33. The van der Waals surface area contributed by atoms with Gasteiger partial charge in [0, 0.05) is 32.0 Å². The van der Waals surface area contributed by atoms with Crippen molar-refractivity contribution in [3.05, 3.63) is 12.4 Å². The summed E-state index contributed by atoms with van der Waals surface area (Å²) in [5.41, 5.74) is 0. The highest BCUT2D eigenvalue weighted by molar-refractivity contribution is 5.65. The number of piperazine rings is 1. The van der Waals surface area contributed by atoms with E-state index in [-0.39, 0.29) is 6.17 Å². The van der Waals surface area contributed by atoms with Crippen LogP contribution in [0.25, 0.3) is 0 Å². The van der Waals surface area contributed by atoms with Gasteiger partial charge in [-0.2, -0.15) is 0 Å². The second-order valence-electron chi connectivity index (χ2n) is 4.84. The number of carboxylic acid groups (broad SMARTS) is 1. The molecular weight excluding hydrogens is 206 g/mol. The third-order valence-corrected chi connectivity index (χ3v) is 3.07. The van der Waals surface area contributed by atoms with Crippen LogP contribution in [0, 0.1) is 5.92 Å². The molecule has 2 rings (SSSR count). The molecule has 0 radical (unpaired) electrons. The summed E-state index contributed by atoms with van der Waals surface area (Å²) in [4.78, 5) is 16.9. The van der Waals surface area contributed by atoms with Gasteiger partial charge in [0.2, 0.25) is 0 Å². The summed E-state index contributed by atoms with van der Waals surface area (Å²) in [7, 11) is 0. The van der Waals surface area contributed by atoms with Crippen LogP contribution in [0.2, 0.25) is 0 Å². The lowest BCUT2D eigenvalue weighted by atomic mass is 10.2. The van der Waals surface area contributed by atoms with Gasteiger partial charge in [-0.3, -0.25) is 0 Å². The maximum Gasteiger partial charge on any atom is 0.407 e. The van der Waals surface area contributed by atoms with Crippen LogP contribution in [0.1, 0.15) is 13.8 Å². The summed E-state index contributed by atoms with van der Waals surface area (Å²) in [6.07, 6.45) is 3.55. The minimum absolute atomic E-state index is 0.201. The van der Waals surface area contributed by atoms with Gasteiger partial charge < -0.3 is 19.8 Å². The topological polar surface area (TPSA) is 47.0 Å². The molecule has 0 saturated carbocycles. The summed E-state index contributed by atoms with van der Waals surface area (Å²) >= 11 is 0. The largest absolute Gasteiger partial charge is 0.465 e. The molecule has 0 aromatic heterocycles. The molecule has 5 nitrogen and oxygen atoms in total. The van der Waals surface area contributed by atoms with Crippen LogP contribution in [0.5, 0.6) is 0 Å². The Hall–Kier alpha value is -1.39. The number of nitrogens with zero attached hydrogens (tertiary/aromatic N) is 3. The van der Waals surface area contributed by atoms with Crippen molar-refractivity contribution < 1.29 is 9.90 Å². The van der Waals surface area contributed by atoms with E-state index >= 15 is 0 Å². The molecule has 2 aliphatic rings. The van der Waals surface area contributed by atoms with Gasteiger partial charge in [0.25, 0.3) is 0 Å². The highest BCUT2D eigenvalue weighted by atomic mass is 16.4. The molecule has 0 aromatic carbocycles. The molecule has 0 aromatic rings. The van der Waals surface area contributed by atoms with Gasteiger partial charge in [0.1, 0.15) is 6.17 Å². The van der Waals surface area contributed by atoms with E-state index in [4.69, 9.17) is 5.11 Å². The van der Waals surface area contributed by atoms with Crippen LogP contribution in [-0.2, 0) is 0 Å². The maximum atomic E-state index is 10.9. The summed E-state index contributed by atoms with van der Waals surface area (Å²) in [5.74, 6) is 0.588. The third-order valence-electron chi connectivity index (χ3n) is 3.07. The molecule has 90 valence electrons. The van der Waals surface area contributed by atoms with E-state index in [0.29, 0.717) is 19.0 Å². The van der Waals surface area contributed by atoms with Gasteiger partial charge in [-0.25, -0.2) is 4.79 Å². The van der Waals surface area contributed by atoms with E-state index in [1.165, 1.54) is 4.90 Å². The first-order chi connectivity index (χ1) is 7.58. The molecule has 0 aliphatic carbocycles. The Kier molecular flexibility index (Phi) is 2.94. The third kappa shape index (κ3) is 2.08. The average Bonchev–Trinajstić information content (AvgIpc) is 2.60. The molecule has 16 heavy (non-hydrogen) atoms. The SMILES string of the molecule is CC(C)CN1C=CN2CCN(C(=O)O)CC21. The van der Waals surface area contributed by atoms with Crippen LogP contribution in [0.15, 0.2) is 12.4 Å². The maximum absolute atomic E-state index is 10.9. The Morgan fingerprint density at radius 3 is 2.81 bits per heavy atom. The van der Waals surface area contributed by atoms with Gasteiger partial charge in [0.15, 0.2) is 0 Å². The van der Waals surface area contributed by atoms with Gasteiger partial charge >= 0.3 is 6.09 Å². The molecular formula is C11H19N3O2. The monoisotopic (exact) mass is 225 g/mol. The van der Waals surface area contributed by atoms with E-state index in [2.05, 4.69) is 36.0 Å². The fraction of sp³-hybridized carbons (Fsp3) is 0.727. The van der Waals surface area contributed by atoms with Crippen molar-refractivity contribution in [3.63, 3.8) is 0 Å². The molecule has 1 N–H and O–H groups in total. The normalized spacial score (nSPS) is 24.2. The van der Waals surface area contributed by atoms with E-state index in [9.17, 15) is 4.79 Å². The van der Waals surface area contributed by atoms with Crippen molar-refractivity contribution in [3.8, 4) is 0 Å². The lowest BCUT2D eigenvalue weighted by Gasteiger charge is -2.41. The van der Waals surface area contributed by atoms with E-state index in [1.807, 2.05) is 0 Å². The smallest absolute Gasteiger partial charge is 0.407 e. The van der Waals surface area contributed by atoms with Crippen molar-refractivity contribution in [1.29, 1.82) is 0 Å². The lowest BCUT2D eigenvalue weighted by molar-refractivity contribution is 0.0466. The van der Waals surface area contributed by atoms with Crippen LogP contribution in [0.4, 0.5) is 4.79 Å². The van der Waals surface area contributed by atoms with Crippen molar-refractivity contribution >= 4 is 6.09 Å². The van der Waals surface area contributed by atoms with Crippen LogP contribution >= 0.6 is 0 Å². The Morgan fingerprint density at radius 2 is 2.19 bits per heavy atom. The summed E-state index contributed by atoms with van der Waals surface area (Å²) in [6.45, 7) is 7.30. The summed E-state index contributed by atoms with van der Waals surface area (Å²) in [6, 6.07) is 0. The number of carbonyl (C=O) groups is 1. The first-order valence-corrected chi connectivity index (χ1v) is 5.75. The van der Waals surface area contributed by atoms with Crippen molar-refractivity contribution in [2.75, 3.05) is 26.2 Å². The van der Waals surface area contributed by atoms with Gasteiger partial charge in [-0.15, -0.1) is 0 Å². The Bertz CT molecular complexity index is 304. The molecule has 2 heterocycles. The standard InChI is InChI=1S/C11H19N3O2/c1-9(2)7-13-5-3-12-4-6-14(11(15)16)8-10(12)13/h3,5,9-10H,4,6-8H2,1-2H3,(H,15,16). The molecule has 1 saturated heterocycles. The fourth-order valence-electron chi connectivity index (χ4n) is 2.30. The van der Waals surface area contributed by atoms with Crippen LogP contribution in [-0.4, -0.2) is 58.2 Å². The molecule has 0 spiro atoms. The zero-order valence-electron chi connectivity index (χ0n) is 9.83. The number of fused-ring (bicyclic) bond motifs is 1. The highest BCUT2D eigenvalue weighted by Crippen LogP contribution is 2.21. The van der Waals surface area contributed by atoms with Gasteiger partial charge in [0.05, 0.1) is 6.54 Å². The molecule has 0 bridgehead atoms. The second kappa shape index (κ2) is 4.23. The first-order valence-electron chi connectivity index (χ1n) is 5.75. The Balaban J connectivity index is 2.00. The molecule has 2 aliphatic heterocycles. The summed E-state index contributed by atoms with van der Waals surface area (Å²) in [5, 5.41) is 8.99. The zero-order valence-corrected chi connectivity index (χ0v) is 9.83. The van der Waals surface area contributed by atoms with Crippen LogP contribution < -0.4 is 0 Å². The molecule has 1 fully saturated rings. The number of rotatable bonds is 2. The van der Waals surface area contributed by atoms with Crippen molar-refractivity contribution in [1.82, 2.24) is 14.7 Å². The minimum Gasteiger partial charge on any atom is -0.465 e. The van der Waals surface area contributed by atoms with Gasteiger partial charge in [-0.1, -0.05) is 13.8 Å². The lowest BCUT2D eigenvalue weighted by Crippen LogP contribution is -2.56. The van der Waals surface area contributed by atoms with Crippen LogP contribution in [0.3, 0.4) is 0 Å². The quantitative estimate of drug-likeness (QED) is 0.763. The predicted molar refractivity (Wildman–Crippen MR) is 60.8 cm³/mol. The molecule has 1 atom stereocenters. The molecule has 1 unspecified atom stereocenters. The Labute approximate surface area is 95.9 Å². The average molecular weight is 225 g/mol. The predicted octanol–water partition coefficient (Wildman–Crippen LogP) is 1.05. The van der Waals surface area contributed by atoms with E-state index in [0.717, 1.165) is 13.1 Å². The molecule has 1 amide bonds. The fourth-order valence-corrected chi connectivity index (χ4v) is 2.30.